The van der Waals surface area contributed by atoms with Gasteiger partial charge in [-0.3, -0.25) is 0 Å². The van der Waals surface area contributed by atoms with Crippen molar-refractivity contribution in [2.45, 2.75) is 91.2 Å². The lowest BCUT2D eigenvalue weighted by atomic mass is 9.72. The van der Waals surface area contributed by atoms with E-state index in [0.29, 0.717) is 17.4 Å². The molecule has 0 aliphatic heterocycles. The van der Waals surface area contributed by atoms with Gasteiger partial charge in [-0.15, -0.1) is 0 Å². The molecule has 2 atom stereocenters. The van der Waals surface area contributed by atoms with Gasteiger partial charge in [0.05, 0.1) is 0 Å². The second-order valence-electron chi connectivity index (χ2n) is 8.26. The number of nitrogens with one attached hydrogen (secondary N) is 1. The van der Waals surface area contributed by atoms with Crippen LogP contribution in [0.3, 0.4) is 0 Å². The summed E-state index contributed by atoms with van der Waals surface area (Å²) in [6.07, 6.45) is 9.20. The van der Waals surface area contributed by atoms with E-state index >= 15 is 0 Å². The largest absolute Gasteiger partial charge is 0.446 e. The minimum absolute atomic E-state index is 0.127. The number of alkyl carbamates (subject to hydrolysis) is 1. The van der Waals surface area contributed by atoms with Gasteiger partial charge in [0.1, 0.15) is 6.10 Å². The molecular formula is C18H33NO2. The highest BCUT2D eigenvalue weighted by Crippen LogP contribution is 2.38. The number of ether oxygens (including phenoxy) is 1. The topological polar surface area (TPSA) is 38.3 Å². The lowest BCUT2D eigenvalue weighted by molar-refractivity contribution is 0.0417. The highest BCUT2D eigenvalue weighted by Gasteiger charge is 2.31. The SMILES string of the molecule is CC1CCCCC1NC(=O)OC1CCC(C(C)(C)C)CC1. The molecule has 0 bridgehead atoms. The zero-order valence-electron chi connectivity index (χ0n) is 14.3. The average molecular weight is 295 g/mol. The van der Waals surface area contributed by atoms with Crippen LogP contribution in [-0.2, 0) is 4.74 Å². The highest BCUT2D eigenvalue weighted by molar-refractivity contribution is 5.67. The number of carbonyl (C=O) groups excluding carboxylic acids is 1. The molecular weight excluding hydrogens is 262 g/mol. The van der Waals surface area contributed by atoms with Gasteiger partial charge in [0.15, 0.2) is 0 Å². The van der Waals surface area contributed by atoms with E-state index in [4.69, 9.17) is 4.74 Å². The molecule has 1 amide bonds. The molecule has 2 fully saturated rings. The Morgan fingerprint density at radius 3 is 2.19 bits per heavy atom. The summed E-state index contributed by atoms with van der Waals surface area (Å²) in [4.78, 5) is 12.1. The van der Waals surface area contributed by atoms with E-state index in [-0.39, 0.29) is 12.2 Å². The zero-order valence-corrected chi connectivity index (χ0v) is 14.3. The van der Waals surface area contributed by atoms with E-state index in [2.05, 4.69) is 33.0 Å². The van der Waals surface area contributed by atoms with E-state index in [1.807, 2.05) is 0 Å². The Balaban J connectivity index is 1.72. The van der Waals surface area contributed by atoms with Gasteiger partial charge in [0.2, 0.25) is 0 Å². The third-order valence-electron chi connectivity index (χ3n) is 5.59. The summed E-state index contributed by atoms with van der Waals surface area (Å²) in [5, 5.41) is 3.10. The highest BCUT2D eigenvalue weighted by atomic mass is 16.6. The summed E-state index contributed by atoms with van der Waals surface area (Å²) in [5.41, 5.74) is 0.380. The first-order valence-electron chi connectivity index (χ1n) is 8.83. The molecule has 0 spiro atoms. The maximum absolute atomic E-state index is 12.1. The van der Waals surface area contributed by atoms with Crippen LogP contribution in [0.2, 0.25) is 0 Å². The molecule has 0 aromatic heterocycles. The molecule has 2 unspecified atom stereocenters. The predicted molar refractivity (Wildman–Crippen MR) is 86.2 cm³/mol. The van der Waals surface area contributed by atoms with Crippen LogP contribution in [0.4, 0.5) is 4.79 Å². The number of hydrogen-bond donors (Lipinski definition) is 1. The first-order valence-corrected chi connectivity index (χ1v) is 8.83. The third-order valence-corrected chi connectivity index (χ3v) is 5.59. The summed E-state index contributed by atoms with van der Waals surface area (Å²) in [6, 6.07) is 0.317. The molecule has 122 valence electrons. The van der Waals surface area contributed by atoms with Gasteiger partial charge in [-0.25, -0.2) is 4.79 Å². The molecule has 2 saturated carbocycles. The lowest BCUT2D eigenvalue weighted by Gasteiger charge is -2.37. The smallest absolute Gasteiger partial charge is 0.407 e. The number of amides is 1. The molecule has 21 heavy (non-hydrogen) atoms. The fourth-order valence-electron chi connectivity index (χ4n) is 3.91. The van der Waals surface area contributed by atoms with Gasteiger partial charge in [-0.1, -0.05) is 40.5 Å². The van der Waals surface area contributed by atoms with Crippen molar-refractivity contribution in [2.75, 3.05) is 0 Å². The average Bonchev–Trinajstić information content (AvgIpc) is 2.41. The van der Waals surface area contributed by atoms with Crippen LogP contribution < -0.4 is 5.32 Å². The standard InChI is InChI=1S/C18H33NO2/c1-13-7-5-6-8-16(13)19-17(20)21-15-11-9-14(10-12-15)18(2,3)4/h13-16H,5-12H2,1-4H3,(H,19,20). The Bertz CT molecular complexity index is 340. The van der Waals surface area contributed by atoms with Crippen LogP contribution >= 0.6 is 0 Å². The minimum atomic E-state index is -0.187. The van der Waals surface area contributed by atoms with Crippen molar-refractivity contribution in [2.24, 2.45) is 17.3 Å². The van der Waals surface area contributed by atoms with Gasteiger partial charge in [-0.05, 0) is 55.8 Å². The summed E-state index contributed by atoms with van der Waals surface area (Å²) in [5.74, 6) is 1.35. The second kappa shape index (κ2) is 7.02. The summed E-state index contributed by atoms with van der Waals surface area (Å²) >= 11 is 0. The Morgan fingerprint density at radius 2 is 1.62 bits per heavy atom. The monoisotopic (exact) mass is 295 g/mol. The number of hydrogen-bond acceptors (Lipinski definition) is 2. The van der Waals surface area contributed by atoms with E-state index < -0.39 is 0 Å². The van der Waals surface area contributed by atoms with E-state index in [9.17, 15) is 4.79 Å². The molecule has 3 heteroatoms. The first-order chi connectivity index (χ1) is 9.86. The first kappa shape index (κ1) is 16.6. The lowest BCUT2D eigenvalue weighted by Crippen LogP contribution is -2.43. The van der Waals surface area contributed by atoms with Crippen LogP contribution in [0.1, 0.15) is 79.1 Å². The van der Waals surface area contributed by atoms with Crippen molar-refractivity contribution >= 4 is 6.09 Å². The predicted octanol–water partition coefficient (Wildman–Crippen LogP) is 4.90. The summed E-state index contributed by atoms with van der Waals surface area (Å²) in [6.45, 7) is 9.18. The van der Waals surface area contributed by atoms with Gasteiger partial charge < -0.3 is 10.1 Å². The molecule has 0 aromatic carbocycles. The second-order valence-corrected chi connectivity index (χ2v) is 8.26. The molecule has 3 nitrogen and oxygen atoms in total. The van der Waals surface area contributed by atoms with Crippen molar-refractivity contribution in [3.8, 4) is 0 Å². The van der Waals surface area contributed by atoms with Crippen molar-refractivity contribution in [3.63, 3.8) is 0 Å². The van der Waals surface area contributed by atoms with Crippen molar-refractivity contribution in [3.05, 3.63) is 0 Å². The van der Waals surface area contributed by atoms with Crippen LogP contribution in [0.5, 0.6) is 0 Å². The normalized spacial score (nSPS) is 34.3. The Labute approximate surface area is 130 Å². The van der Waals surface area contributed by atoms with Gasteiger partial charge >= 0.3 is 6.09 Å². The maximum atomic E-state index is 12.1. The number of rotatable bonds is 2. The van der Waals surface area contributed by atoms with E-state index in [0.717, 1.165) is 25.2 Å². The fourth-order valence-corrected chi connectivity index (χ4v) is 3.91. The van der Waals surface area contributed by atoms with Crippen molar-refractivity contribution < 1.29 is 9.53 Å². The zero-order chi connectivity index (χ0) is 15.5. The van der Waals surface area contributed by atoms with Crippen LogP contribution in [-0.4, -0.2) is 18.2 Å². The van der Waals surface area contributed by atoms with E-state index in [1.54, 1.807) is 0 Å². The Hall–Kier alpha value is -0.730. The molecule has 2 aliphatic carbocycles. The molecule has 0 saturated heterocycles. The van der Waals surface area contributed by atoms with Crippen LogP contribution in [0.25, 0.3) is 0 Å². The Kier molecular flexibility index (Phi) is 5.56. The molecule has 2 rings (SSSR count). The third kappa shape index (κ3) is 4.89. The van der Waals surface area contributed by atoms with Crippen LogP contribution in [0.15, 0.2) is 0 Å². The maximum Gasteiger partial charge on any atom is 0.407 e. The van der Waals surface area contributed by atoms with Crippen LogP contribution in [0, 0.1) is 17.3 Å². The minimum Gasteiger partial charge on any atom is -0.446 e. The van der Waals surface area contributed by atoms with Gasteiger partial charge in [0.25, 0.3) is 0 Å². The quantitative estimate of drug-likeness (QED) is 0.787. The van der Waals surface area contributed by atoms with Gasteiger partial charge in [0, 0.05) is 6.04 Å². The molecule has 0 radical (unpaired) electrons. The molecule has 0 aromatic rings. The molecule has 0 heterocycles. The molecule has 2 aliphatic rings. The summed E-state index contributed by atoms with van der Waals surface area (Å²) < 4.78 is 5.65. The summed E-state index contributed by atoms with van der Waals surface area (Å²) in [7, 11) is 0. The Morgan fingerprint density at radius 1 is 1.00 bits per heavy atom. The molecule has 1 N–H and O–H groups in total. The number of carbonyl (C=O) groups is 1. The van der Waals surface area contributed by atoms with Gasteiger partial charge in [-0.2, -0.15) is 0 Å². The van der Waals surface area contributed by atoms with E-state index in [1.165, 1.54) is 32.1 Å². The fraction of sp³-hybridized carbons (Fsp3) is 0.944. The van der Waals surface area contributed by atoms with Crippen molar-refractivity contribution in [1.29, 1.82) is 0 Å². The van der Waals surface area contributed by atoms with Crippen molar-refractivity contribution in [1.82, 2.24) is 5.32 Å².